The fourth-order valence-electron chi connectivity index (χ4n) is 3.43. The van der Waals surface area contributed by atoms with Crippen LogP contribution < -0.4 is 16.0 Å². The number of benzene rings is 2. The summed E-state index contributed by atoms with van der Waals surface area (Å²) in [7, 11) is 0. The molecule has 2 aromatic rings. The van der Waals surface area contributed by atoms with E-state index >= 15 is 0 Å². The van der Waals surface area contributed by atoms with Gasteiger partial charge >= 0.3 is 0 Å². The molecule has 3 rings (SSSR count). The van der Waals surface area contributed by atoms with Crippen molar-refractivity contribution >= 4 is 40.5 Å². The van der Waals surface area contributed by atoms with Gasteiger partial charge in [-0.05, 0) is 80.1 Å². The van der Waals surface area contributed by atoms with Crippen LogP contribution in [0, 0.1) is 18.8 Å². The lowest BCUT2D eigenvalue weighted by molar-refractivity contribution is -0.120. The molecule has 1 aliphatic rings. The Balaban J connectivity index is 1.58. The lowest BCUT2D eigenvalue weighted by Gasteiger charge is -2.17. The maximum atomic E-state index is 12.7. The molecule has 0 bridgehead atoms. The van der Waals surface area contributed by atoms with Crippen LogP contribution in [0.2, 0.25) is 0 Å². The topological polar surface area (TPSA) is 70.2 Å². The quantitative estimate of drug-likeness (QED) is 0.524. The van der Waals surface area contributed by atoms with Crippen molar-refractivity contribution in [1.82, 2.24) is 5.32 Å². The fourth-order valence-corrected chi connectivity index (χ4v) is 3.64. The first-order valence-corrected chi connectivity index (χ1v) is 11.3. The molecule has 3 N–H and O–H groups in total. The van der Waals surface area contributed by atoms with Crippen molar-refractivity contribution in [3.8, 4) is 0 Å². The van der Waals surface area contributed by atoms with Crippen molar-refractivity contribution in [3.05, 3.63) is 59.2 Å². The Labute approximate surface area is 190 Å². The standard InChI is InChI=1S/C25H31N3O2S/c1-15(2)14-18-8-10-19(11-9-18)16(3)23(29)28-25(31)27-22-7-5-6-21(17(22)4)26-24(30)20-12-13-20/h5-11,15-16,20H,12-14H2,1-4H3,(H,26,30)(H2,27,28,29,31). The van der Waals surface area contributed by atoms with E-state index in [4.69, 9.17) is 12.2 Å². The summed E-state index contributed by atoms with van der Waals surface area (Å²) in [6, 6.07) is 13.8. The Morgan fingerprint density at radius 2 is 1.61 bits per heavy atom. The van der Waals surface area contributed by atoms with Crippen molar-refractivity contribution < 1.29 is 9.59 Å². The van der Waals surface area contributed by atoms with Crippen LogP contribution in [-0.2, 0) is 16.0 Å². The molecule has 0 aromatic heterocycles. The predicted octanol–water partition coefficient (Wildman–Crippen LogP) is 5.16. The molecule has 2 amide bonds. The summed E-state index contributed by atoms with van der Waals surface area (Å²) in [5.74, 6) is 0.309. The smallest absolute Gasteiger partial charge is 0.233 e. The van der Waals surface area contributed by atoms with Crippen LogP contribution in [0.3, 0.4) is 0 Å². The van der Waals surface area contributed by atoms with Gasteiger partial charge in [0, 0.05) is 17.3 Å². The van der Waals surface area contributed by atoms with E-state index in [-0.39, 0.29) is 28.8 Å². The maximum Gasteiger partial charge on any atom is 0.233 e. The number of amides is 2. The molecule has 0 heterocycles. The van der Waals surface area contributed by atoms with Gasteiger partial charge in [0.05, 0.1) is 5.92 Å². The van der Waals surface area contributed by atoms with Crippen molar-refractivity contribution in [2.24, 2.45) is 11.8 Å². The zero-order valence-corrected chi connectivity index (χ0v) is 19.4. The van der Waals surface area contributed by atoms with E-state index in [9.17, 15) is 9.59 Å². The van der Waals surface area contributed by atoms with E-state index in [0.29, 0.717) is 5.92 Å². The summed E-state index contributed by atoms with van der Waals surface area (Å²) in [5, 5.41) is 9.08. The van der Waals surface area contributed by atoms with Crippen LogP contribution in [0.15, 0.2) is 42.5 Å². The SMILES string of the molecule is Cc1c(NC(=O)C2CC2)cccc1NC(=S)NC(=O)C(C)c1ccc(CC(C)C)cc1. The van der Waals surface area contributed by atoms with Gasteiger partial charge < -0.3 is 16.0 Å². The van der Waals surface area contributed by atoms with E-state index in [1.807, 2.05) is 44.2 Å². The molecule has 0 aliphatic heterocycles. The highest BCUT2D eigenvalue weighted by Crippen LogP contribution is 2.31. The lowest BCUT2D eigenvalue weighted by Crippen LogP contribution is -2.37. The first kappa shape index (κ1) is 22.9. The summed E-state index contributed by atoms with van der Waals surface area (Å²) >= 11 is 5.36. The molecule has 31 heavy (non-hydrogen) atoms. The first-order valence-electron chi connectivity index (χ1n) is 10.9. The van der Waals surface area contributed by atoms with Crippen LogP contribution in [0.4, 0.5) is 11.4 Å². The van der Waals surface area contributed by atoms with Crippen LogP contribution in [0.1, 0.15) is 56.2 Å². The first-order chi connectivity index (χ1) is 14.7. The normalized spacial score (nSPS) is 14.1. The second kappa shape index (κ2) is 10.1. The summed E-state index contributed by atoms with van der Waals surface area (Å²) in [4.78, 5) is 24.8. The van der Waals surface area contributed by atoms with E-state index < -0.39 is 0 Å². The molecule has 164 valence electrons. The van der Waals surface area contributed by atoms with Gasteiger partial charge in [-0.15, -0.1) is 0 Å². The van der Waals surface area contributed by atoms with Gasteiger partial charge in [0.1, 0.15) is 0 Å². The molecular weight excluding hydrogens is 406 g/mol. The number of anilines is 2. The van der Waals surface area contributed by atoms with Crippen LogP contribution in [0.5, 0.6) is 0 Å². The summed E-state index contributed by atoms with van der Waals surface area (Å²) < 4.78 is 0. The Kier molecular flexibility index (Phi) is 7.44. The minimum atomic E-state index is -0.321. The number of hydrogen-bond donors (Lipinski definition) is 3. The van der Waals surface area contributed by atoms with Gasteiger partial charge in [0.15, 0.2) is 5.11 Å². The Bertz CT molecular complexity index is 965. The summed E-state index contributed by atoms with van der Waals surface area (Å²) in [5.41, 5.74) is 4.61. The monoisotopic (exact) mass is 437 g/mol. The summed E-state index contributed by atoms with van der Waals surface area (Å²) in [6.07, 6.45) is 2.93. The third-order valence-corrected chi connectivity index (χ3v) is 5.75. The van der Waals surface area contributed by atoms with Gasteiger partial charge in [-0.1, -0.05) is 44.2 Å². The Morgan fingerprint density at radius 1 is 1.00 bits per heavy atom. The lowest BCUT2D eigenvalue weighted by atomic mass is 9.96. The third-order valence-electron chi connectivity index (χ3n) is 5.54. The molecule has 5 nitrogen and oxygen atoms in total. The average Bonchev–Trinajstić information content (AvgIpc) is 3.56. The number of rotatable bonds is 7. The number of thiocarbonyl (C=S) groups is 1. The number of carbonyl (C=O) groups excluding carboxylic acids is 2. The third kappa shape index (κ3) is 6.37. The van der Waals surface area contributed by atoms with Crippen LogP contribution >= 0.6 is 12.2 Å². The minimum Gasteiger partial charge on any atom is -0.332 e. The number of carbonyl (C=O) groups is 2. The molecular formula is C25H31N3O2S. The van der Waals surface area contributed by atoms with Crippen molar-refractivity contribution in [3.63, 3.8) is 0 Å². The molecule has 0 radical (unpaired) electrons. The van der Waals surface area contributed by atoms with Gasteiger partial charge in [0.25, 0.3) is 0 Å². The molecule has 1 fully saturated rings. The minimum absolute atomic E-state index is 0.0596. The zero-order chi connectivity index (χ0) is 22.5. The molecule has 2 aromatic carbocycles. The molecule has 1 saturated carbocycles. The highest BCUT2D eigenvalue weighted by atomic mass is 32.1. The predicted molar refractivity (Wildman–Crippen MR) is 130 cm³/mol. The highest BCUT2D eigenvalue weighted by Gasteiger charge is 2.29. The molecule has 0 saturated heterocycles. The van der Waals surface area contributed by atoms with Crippen molar-refractivity contribution in [2.45, 2.75) is 52.9 Å². The van der Waals surface area contributed by atoms with Crippen LogP contribution in [0.25, 0.3) is 0 Å². The molecule has 1 aliphatic carbocycles. The van der Waals surface area contributed by atoms with E-state index in [2.05, 4.69) is 41.9 Å². The molecule has 1 atom stereocenters. The molecule has 6 heteroatoms. The van der Waals surface area contributed by atoms with Crippen LogP contribution in [-0.4, -0.2) is 16.9 Å². The van der Waals surface area contributed by atoms with Gasteiger partial charge in [-0.25, -0.2) is 0 Å². The molecule has 1 unspecified atom stereocenters. The van der Waals surface area contributed by atoms with Gasteiger partial charge in [0.2, 0.25) is 11.8 Å². The van der Waals surface area contributed by atoms with Crippen molar-refractivity contribution in [1.29, 1.82) is 0 Å². The largest absolute Gasteiger partial charge is 0.332 e. The second-order valence-electron chi connectivity index (χ2n) is 8.75. The average molecular weight is 438 g/mol. The maximum absolute atomic E-state index is 12.7. The number of hydrogen-bond acceptors (Lipinski definition) is 3. The second-order valence-corrected chi connectivity index (χ2v) is 9.15. The van der Waals surface area contributed by atoms with Gasteiger partial charge in [-0.2, -0.15) is 0 Å². The van der Waals surface area contributed by atoms with E-state index in [0.717, 1.165) is 41.8 Å². The fraction of sp³-hybridized carbons (Fsp3) is 0.400. The Hall–Kier alpha value is -2.73. The highest BCUT2D eigenvalue weighted by molar-refractivity contribution is 7.80. The zero-order valence-electron chi connectivity index (χ0n) is 18.6. The van der Waals surface area contributed by atoms with Crippen molar-refractivity contribution in [2.75, 3.05) is 10.6 Å². The Morgan fingerprint density at radius 3 is 2.19 bits per heavy atom. The molecule has 0 spiro atoms. The summed E-state index contributed by atoms with van der Waals surface area (Å²) in [6.45, 7) is 8.16. The van der Waals surface area contributed by atoms with E-state index in [1.54, 1.807) is 0 Å². The van der Waals surface area contributed by atoms with Gasteiger partial charge in [-0.3, -0.25) is 9.59 Å². The number of nitrogens with one attached hydrogen (secondary N) is 3. The van der Waals surface area contributed by atoms with E-state index in [1.165, 1.54) is 5.56 Å².